The Balaban J connectivity index is 1.21. The van der Waals surface area contributed by atoms with Crippen LogP contribution in [0.2, 0.25) is 0 Å². The Kier molecular flexibility index (Phi) is 9.59. The van der Waals surface area contributed by atoms with Crippen LogP contribution in [0.15, 0.2) is 36.5 Å². The number of piperazine rings is 1. The van der Waals surface area contributed by atoms with Crippen molar-refractivity contribution in [1.29, 1.82) is 0 Å². The standard InChI is InChI=1S/C29H42N6O2/c1-5-33(6-2)29(36)24(4)28-15-14-27(37-28)21-23(3)35-22-25(30-31-35)11-10-16-32-17-19-34(20-18-32)26-12-8-7-9-13-26/h7-9,12-13,22-24,27-28H,5-6,14-21H2,1-4H3/t23-,24-,27+,28-/m1/s1. The van der Waals surface area contributed by atoms with E-state index in [1.54, 1.807) is 0 Å². The molecule has 2 fully saturated rings. The lowest BCUT2D eigenvalue weighted by Crippen LogP contribution is -2.46. The molecule has 0 saturated carbocycles. The molecule has 0 spiro atoms. The first kappa shape index (κ1) is 27.2. The number of aromatic nitrogens is 3. The monoisotopic (exact) mass is 506 g/mol. The van der Waals surface area contributed by atoms with Crippen LogP contribution in [0.3, 0.4) is 0 Å². The average Bonchev–Trinajstić information content (AvgIpc) is 3.60. The number of carbonyl (C=O) groups is 1. The van der Waals surface area contributed by atoms with Gasteiger partial charge in [0.1, 0.15) is 0 Å². The maximum absolute atomic E-state index is 12.7. The molecular formula is C29H42N6O2. The first-order valence-electron chi connectivity index (χ1n) is 13.9. The van der Waals surface area contributed by atoms with Gasteiger partial charge in [0.25, 0.3) is 0 Å². The summed E-state index contributed by atoms with van der Waals surface area (Å²) in [5, 5.41) is 8.59. The number of hydrogen-bond acceptors (Lipinski definition) is 6. The molecule has 4 atom stereocenters. The van der Waals surface area contributed by atoms with Crippen molar-refractivity contribution in [3.8, 4) is 11.8 Å². The van der Waals surface area contributed by atoms with Gasteiger partial charge in [-0.15, -0.1) is 5.10 Å². The minimum absolute atomic E-state index is 0.00275. The second-order valence-corrected chi connectivity index (χ2v) is 10.2. The number of amides is 1. The zero-order valence-electron chi connectivity index (χ0n) is 22.8. The Morgan fingerprint density at radius 1 is 1.11 bits per heavy atom. The molecule has 0 bridgehead atoms. The van der Waals surface area contributed by atoms with Crippen molar-refractivity contribution in [2.75, 3.05) is 50.7 Å². The van der Waals surface area contributed by atoms with Gasteiger partial charge in [-0.25, -0.2) is 4.68 Å². The number of anilines is 1. The molecule has 8 heteroatoms. The van der Waals surface area contributed by atoms with Crippen LogP contribution in [0, 0.1) is 17.8 Å². The second kappa shape index (κ2) is 13.1. The van der Waals surface area contributed by atoms with Gasteiger partial charge in [0, 0.05) is 45.0 Å². The van der Waals surface area contributed by atoms with E-state index in [4.69, 9.17) is 4.74 Å². The minimum Gasteiger partial charge on any atom is -0.374 e. The van der Waals surface area contributed by atoms with Crippen LogP contribution in [-0.2, 0) is 9.53 Å². The second-order valence-electron chi connectivity index (χ2n) is 10.2. The summed E-state index contributed by atoms with van der Waals surface area (Å²) in [5.41, 5.74) is 2.00. The number of carbonyl (C=O) groups excluding carboxylic acids is 1. The molecule has 2 aliphatic rings. The Labute approximate surface area is 221 Å². The maximum atomic E-state index is 12.7. The maximum Gasteiger partial charge on any atom is 0.228 e. The van der Waals surface area contributed by atoms with Gasteiger partial charge in [0.2, 0.25) is 5.91 Å². The highest BCUT2D eigenvalue weighted by Gasteiger charge is 2.35. The predicted molar refractivity (Wildman–Crippen MR) is 146 cm³/mol. The van der Waals surface area contributed by atoms with E-state index in [0.29, 0.717) is 5.69 Å². The van der Waals surface area contributed by atoms with Gasteiger partial charge < -0.3 is 14.5 Å². The Hall–Kier alpha value is -2.89. The number of benzene rings is 1. The average molecular weight is 507 g/mol. The lowest BCUT2D eigenvalue weighted by atomic mass is 9.99. The van der Waals surface area contributed by atoms with Crippen LogP contribution in [0.1, 0.15) is 58.7 Å². The first-order chi connectivity index (χ1) is 18.0. The fourth-order valence-electron chi connectivity index (χ4n) is 5.34. The molecule has 0 aliphatic carbocycles. The molecule has 37 heavy (non-hydrogen) atoms. The molecule has 2 aromatic rings. The highest BCUT2D eigenvalue weighted by Crippen LogP contribution is 2.31. The van der Waals surface area contributed by atoms with Gasteiger partial charge >= 0.3 is 0 Å². The smallest absolute Gasteiger partial charge is 0.228 e. The van der Waals surface area contributed by atoms with E-state index in [2.05, 4.69) is 69.2 Å². The highest BCUT2D eigenvalue weighted by atomic mass is 16.5. The number of hydrogen-bond donors (Lipinski definition) is 0. The molecule has 0 N–H and O–H groups in total. The van der Waals surface area contributed by atoms with E-state index in [0.717, 1.165) is 65.1 Å². The van der Waals surface area contributed by atoms with Crippen LogP contribution < -0.4 is 4.90 Å². The van der Waals surface area contributed by atoms with Crippen LogP contribution >= 0.6 is 0 Å². The first-order valence-corrected chi connectivity index (χ1v) is 13.9. The van der Waals surface area contributed by atoms with Crippen LogP contribution in [0.5, 0.6) is 0 Å². The zero-order chi connectivity index (χ0) is 26.2. The van der Waals surface area contributed by atoms with E-state index in [1.807, 2.05) is 36.5 Å². The van der Waals surface area contributed by atoms with Gasteiger partial charge in [-0.3, -0.25) is 9.69 Å². The number of nitrogens with zero attached hydrogens (tertiary/aromatic N) is 6. The summed E-state index contributed by atoms with van der Waals surface area (Å²) in [7, 11) is 0. The third-order valence-corrected chi connectivity index (χ3v) is 7.74. The lowest BCUT2D eigenvalue weighted by Gasteiger charge is -2.35. The molecule has 2 aliphatic heterocycles. The summed E-state index contributed by atoms with van der Waals surface area (Å²) in [6, 6.07) is 10.7. The Morgan fingerprint density at radius 2 is 1.84 bits per heavy atom. The molecule has 1 amide bonds. The Morgan fingerprint density at radius 3 is 2.54 bits per heavy atom. The molecule has 1 aromatic heterocycles. The fourth-order valence-corrected chi connectivity index (χ4v) is 5.34. The summed E-state index contributed by atoms with van der Waals surface area (Å²) in [4.78, 5) is 19.4. The SMILES string of the molecule is CCN(CC)C(=O)[C@H](C)[C@H]1CC[C@@H](C[C@@H](C)n2cc(C#CCN3CCN(c4ccccc4)CC3)nn2)O1. The molecule has 0 radical (unpaired) electrons. The van der Waals surface area contributed by atoms with Crippen molar-refractivity contribution in [3.63, 3.8) is 0 Å². The molecule has 2 saturated heterocycles. The lowest BCUT2D eigenvalue weighted by molar-refractivity contribution is -0.139. The molecule has 4 rings (SSSR count). The van der Waals surface area contributed by atoms with Crippen LogP contribution in [0.25, 0.3) is 0 Å². The predicted octanol–water partition coefficient (Wildman–Crippen LogP) is 3.46. The van der Waals surface area contributed by atoms with Crippen LogP contribution in [0.4, 0.5) is 5.69 Å². The summed E-state index contributed by atoms with van der Waals surface area (Å²) in [6.45, 7) is 14.5. The van der Waals surface area contributed by atoms with Crippen molar-refractivity contribution in [3.05, 3.63) is 42.2 Å². The van der Waals surface area contributed by atoms with Gasteiger partial charge in [0.15, 0.2) is 5.69 Å². The number of rotatable bonds is 9. The van der Waals surface area contributed by atoms with Crippen molar-refractivity contribution in [1.82, 2.24) is 24.8 Å². The number of para-hydroxylation sites is 1. The molecule has 200 valence electrons. The van der Waals surface area contributed by atoms with E-state index >= 15 is 0 Å². The topological polar surface area (TPSA) is 66.7 Å². The van der Waals surface area contributed by atoms with Gasteiger partial charge in [-0.2, -0.15) is 0 Å². The van der Waals surface area contributed by atoms with Gasteiger partial charge in [-0.05, 0) is 58.1 Å². The summed E-state index contributed by atoms with van der Waals surface area (Å²) < 4.78 is 8.20. The molecule has 0 unspecified atom stereocenters. The highest BCUT2D eigenvalue weighted by molar-refractivity contribution is 5.79. The van der Waals surface area contributed by atoms with E-state index in [-0.39, 0.29) is 30.1 Å². The van der Waals surface area contributed by atoms with Gasteiger partial charge in [0.05, 0.1) is 36.9 Å². The van der Waals surface area contributed by atoms with Crippen molar-refractivity contribution in [2.45, 2.75) is 65.2 Å². The number of ether oxygens (including phenoxy) is 1. The van der Waals surface area contributed by atoms with Crippen molar-refractivity contribution in [2.24, 2.45) is 5.92 Å². The fraction of sp³-hybridized carbons (Fsp3) is 0.621. The van der Waals surface area contributed by atoms with E-state index in [9.17, 15) is 4.79 Å². The molecule has 1 aromatic carbocycles. The van der Waals surface area contributed by atoms with Gasteiger partial charge in [-0.1, -0.05) is 36.3 Å². The molecule has 8 nitrogen and oxygen atoms in total. The minimum atomic E-state index is -0.102. The zero-order valence-corrected chi connectivity index (χ0v) is 22.8. The van der Waals surface area contributed by atoms with E-state index in [1.165, 1.54) is 5.69 Å². The molecule has 3 heterocycles. The summed E-state index contributed by atoms with van der Waals surface area (Å²) >= 11 is 0. The third-order valence-electron chi connectivity index (χ3n) is 7.74. The summed E-state index contributed by atoms with van der Waals surface area (Å²) in [6.07, 6.45) is 4.83. The molecular weight excluding hydrogens is 464 g/mol. The van der Waals surface area contributed by atoms with Crippen LogP contribution in [-0.4, -0.2) is 88.7 Å². The normalized spacial score (nSPS) is 21.8. The summed E-state index contributed by atoms with van der Waals surface area (Å²) in [5.74, 6) is 6.56. The largest absolute Gasteiger partial charge is 0.374 e. The third kappa shape index (κ3) is 7.12. The Bertz CT molecular complexity index is 1050. The van der Waals surface area contributed by atoms with Crippen molar-refractivity contribution < 1.29 is 9.53 Å². The quantitative estimate of drug-likeness (QED) is 0.486. The van der Waals surface area contributed by atoms with Crippen molar-refractivity contribution >= 4 is 11.6 Å². The van der Waals surface area contributed by atoms with E-state index < -0.39 is 0 Å².